The zero-order valence-electron chi connectivity index (χ0n) is 10.9. The summed E-state index contributed by atoms with van der Waals surface area (Å²) in [5, 5.41) is 13.4. The molecule has 0 aliphatic heterocycles. The van der Waals surface area contributed by atoms with E-state index >= 15 is 0 Å². The van der Waals surface area contributed by atoms with Crippen molar-refractivity contribution in [2.75, 3.05) is 13.7 Å². The molecule has 2 N–H and O–H groups in total. The molecule has 0 rings (SSSR count). The average Bonchev–Trinajstić information content (AvgIpc) is 2.34. The van der Waals surface area contributed by atoms with E-state index in [1.54, 1.807) is 0 Å². The lowest BCUT2D eigenvalue weighted by molar-refractivity contribution is -0.141. The molecule has 0 radical (unpaired) electrons. The quantitative estimate of drug-likeness (QED) is 0.633. The first-order chi connectivity index (χ1) is 8.24. The Balaban J connectivity index is 4.30. The molecule has 0 aromatic rings. The Bertz CT molecular complexity index is 384. The van der Waals surface area contributed by atoms with Gasteiger partial charge < -0.3 is 15.4 Å². The molecule has 1 unspecified atom stereocenters. The van der Waals surface area contributed by atoms with Gasteiger partial charge in [-0.3, -0.25) is 14.4 Å². The Kier molecular flexibility index (Phi) is 5.82. The monoisotopic (exact) mass is 255 g/mol. The Hall–Kier alpha value is -2.10. The van der Waals surface area contributed by atoms with E-state index in [-0.39, 0.29) is 6.54 Å². The number of nitriles is 1. The molecule has 7 heteroatoms. The Labute approximate surface area is 105 Å². The van der Waals surface area contributed by atoms with Crippen LogP contribution >= 0.6 is 0 Å². The van der Waals surface area contributed by atoms with E-state index in [1.807, 2.05) is 6.07 Å². The second-order valence-corrected chi connectivity index (χ2v) is 4.23. The number of carbonyl (C=O) groups is 3. The molecule has 0 saturated carbocycles. The largest absolute Gasteiger partial charge is 0.468 e. The summed E-state index contributed by atoms with van der Waals surface area (Å²) < 4.78 is 4.35. The first-order valence-corrected chi connectivity index (χ1v) is 5.31. The zero-order valence-corrected chi connectivity index (χ0v) is 10.9. The summed E-state index contributed by atoms with van der Waals surface area (Å²) in [6.07, 6.45) is 0. The lowest BCUT2D eigenvalue weighted by Gasteiger charge is -2.19. The van der Waals surface area contributed by atoms with Crippen molar-refractivity contribution in [2.24, 2.45) is 5.41 Å². The third kappa shape index (κ3) is 4.82. The molecule has 0 aromatic heterocycles. The molecule has 1 atom stereocenters. The first kappa shape index (κ1) is 15.9. The number of carbonyl (C=O) groups excluding carboxylic acids is 3. The summed E-state index contributed by atoms with van der Waals surface area (Å²) >= 11 is 0. The molecule has 7 nitrogen and oxygen atoms in total. The molecule has 18 heavy (non-hydrogen) atoms. The minimum absolute atomic E-state index is 0.267. The van der Waals surface area contributed by atoms with Gasteiger partial charge in [0.15, 0.2) is 0 Å². The van der Waals surface area contributed by atoms with Gasteiger partial charge in [0, 0.05) is 0 Å². The topological polar surface area (TPSA) is 108 Å². The number of nitrogens with one attached hydrogen (secondary N) is 2. The van der Waals surface area contributed by atoms with Crippen molar-refractivity contribution in [3.05, 3.63) is 0 Å². The van der Waals surface area contributed by atoms with Crippen LogP contribution in [0.4, 0.5) is 0 Å². The maximum absolute atomic E-state index is 11.6. The van der Waals surface area contributed by atoms with Crippen LogP contribution in [-0.4, -0.2) is 37.5 Å². The molecule has 0 bridgehead atoms. The van der Waals surface area contributed by atoms with Crippen molar-refractivity contribution < 1.29 is 19.1 Å². The maximum Gasteiger partial charge on any atom is 0.325 e. The number of rotatable bonds is 5. The van der Waals surface area contributed by atoms with Crippen LogP contribution in [-0.2, 0) is 19.1 Å². The number of ether oxygens (including phenoxy) is 1. The van der Waals surface area contributed by atoms with Gasteiger partial charge in [0.1, 0.15) is 18.0 Å². The van der Waals surface area contributed by atoms with E-state index in [9.17, 15) is 14.4 Å². The van der Waals surface area contributed by atoms with Crippen LogP contribution in [0.1, 0.15) is 20.8 Å². The third-order valence-corrected chi connectivity index (χ3v) is 2.22. The lowest BCUT2D eigenvalue weighted by atomic mass is 9.94. The van der Waals surface area contributed by atoms with Gasteiger partial charge in [-0.1, -0.05) is 0 Å². The van der Waals surface area contributed by atoms with Crippen molar-refractivity contribution in [3.63, 3.8) is 0 Å². The minimum atomic E-state index is -1.21. The summed E-state index contributed by atoms with van der Waals surface area (Å²) in [5.41, 5.74) is -1.21. The fraction of sp³-hybridized carbons (Fsp3) is 0.636. The number of hydrogen-bond donors (Lipinski definition) is 2. The van der Waals surface area contributed by atoms with Crippen LogP contribution in [0.15, 0.2) is 0 Å². The normalized spacial score (nSPS) is 11.9. The summed E-state index contributed by atoms with van der Waals surface area (Å²) in [6.45, 7) is 4.08. The van der Waals surface area contributed by atoms with Gasteiger partial charge in [-0.15, -0.1) is 0 Å². The predicted molar refractivity (Wildman–Crippen MR) is 62.0 cm³/mol. The molecule has 100 valence electrons. The fourth-order valence-corrected chi connectivity index (χ4v) is 0.878. The van der Waals surface area contributed by atoms with E-state index in [2.05, 4.69) is 15.4 Å². The van der Waals surface area contributed by atoms with Crippen LogP contribution < -0.4 is 10.6 Å². The highest BCUT2D eigenvalue weighted by molar-refractivity contribution is 5.91. The van der Waals surface area contributed by atoms with Crippen LogP contribution in [0.5, 0.6) is 0 Å². The van der Waals surface area contributed by atoms with Crippen molar-refractivity contribution in [1.29, 1.82) is 5.26 Å². The van der Waals surface area contributed by atoms with Gasteiger partial charge in [0.05, 0.1) is 13.2 Å². The lowest BCUT2D eigenvalue weighted by Crippen LogP contribution is -2.49. The van der Waals surface area contributed by atoms with Crippen molar-refractivity contribution >= 4 is 17.8 Å². The number of hydrogen-bond acceptors (Lipinski definition) is 5. The highest BCUT2D eigenvalue weighted by atomic mass is 16.5. The summed E-state index contributed by atoms with van der Waals surface area (Å²) in [4.78, 5) is 33.9. The van der Waals surface area contributed by atoms with Crippen molar-refractivity contribution in [3.8, 4) is 6.07 Å². The smallest absolute Gasteiger partial charge is 0.325 e. The van der Waals surface area contributed by atoms with Crippen molar-refractivity contribution in [2.45, 2.75) is 26.8 Å². The van der Waals surface area contributed by atoms with Crippen LogP contribution in [0.2, 0.25) is 0 Å². The van der Waals surface area contributed by atoms with Crippen molar-refractivity contribution in [1.82, 2.24) is 10.6 Å². The Morgan fingerprint density at radius 2 is 1.94 bits per heavy atom. The minimum Gasteiger partial charge on any atom is -0.468 e. The summed E-state index contributed by atoms with van der Waals surface area (Å²) in [7, 11) is 1.20. The van der Waals surface area contributed by atoms with E-state index in [0.717, 1.165) is 0 Å². The molecule has 0 aliphatic carbocycles. The number of nitrogens with zero attached hydrogens (tertiary/aromatic N) is 1. The summed E-state index contributed by atoms with van der Waals surface area (Å²) in [5.74, 6) is -1.66. The standard InChI is InChI=1S/C11H17N3O4/c1-7(9(16)13-5-8(15)18-4)14-10(17)11(2,3)6-12/h7H,5H2,1-4H3,(H,13,16)(H,14,17). The molecule has 0 spiro atoms. The van der Waals surface area contributed by atoms with Gasteiger partial charge in [-0.05, 0) is 20.8 Å². The highest BCUT2D eigenvalue weighted by Crippen LogP contribution is 2.12. The second-order valence-electron chi connectivity index (χ2n) is 4.23. The van der Waals surface area contributed by atoms with Gasteiger partial charge in [0.25, 0.3) is 0 Å². The average molecular weight is 255 g/mol. The molecule has 2 amide bonds. The van der Waals surface area contributed by atoms with Gasteiger partial charge in [-0.2, -0.15) is 5.26 Å². The van der Waals surface area contributed by atoms with E-state index in [4.69, 9.17) is 5.26 Å². The maximum atomic E-state index is 11.6. The highest BCUT2D eigenvalue weighted by Gasteiger charge is 2.29. The first-order valence-electron chi connectivity index (χ1n) is 5.31. The fourth-order valence-electron chi connectivity index (χ4n) is 0.878. The van der Waals surface area contributed by atoms with E-state index in [1.165, 1.54) is 27.9 Å². The third-order valence-electron chi connectivity index (χ3n) is 2.22. The molecule has 0 aliphatic rings. The van der Waals surface area contributed by atoms with Gasteiger partial charge in [0.2, 0.25) is 11.8 Å². The molecule has 0 fully saturated rings. The van der Waals surface area contributed by atoms with Crippen LogP contribution in [0, 0.1) is 16.7 Å². The zero-order chi connectivity index (χ0) is 14.3. The predicted octanol–water partition coefficient (Wildman–Crippen LogP) is -0.670. The number of esters is 1. The van der Waals surface area contributed by atoms with E-state index in [0.29, 0.717) is 0 Å². The van der Waals surface area contributed by atoms with Crippen LogP contribution in [0.25, 0.3) is 0 Å². The number of amides is 2. The molecule has 0 heterocycles. The number of methoxy groups -OCH3 is 1. The van der Waals surface area contributed by atoms with Gasteiger partial charge >= 0.3 is 5.97 Å². The Morgan fingerprint density at radius 1 is 1.39 bits per heavy atom. The second kappa shape index (κ2) is 6.59. The molecule has 0 saturated heterocycles. The molecular formula is C11H17N3O4. The van der Waals surface area contributed by atoms with E-state index < -0.39 is 29.2 Å². The molecule has 0 aromatic carbocycles. The SMILES string of the molecule is COC(=O)CNC(=O)C(C)NC(=O)C(C)(C)C#N. The van der Waals surface area contributed by atoms with Gasteiger partial charge in [-0.25, -0.2) is 0 Å². The summed E-state index contributed by atoms with van der Waals surface area (Å²) in [6, 6.07) is 0.989. The Morgan fingerprint density at radius 3 is 2.39 bits per heavy atom. The molecular weight excluding hydrogens is 238 g/mol. The van der Waals surface area contributed by atoms with Crippen LogP contribution in [0.3, 0.4) is 0 Å².